The van der Waals surface area contributed by atoms with E-state index in [2.05, 4.69) is 15.0 Å². The number of nitrogens with one attached hydrogen (secondary N) is 1. The fraction of sp³-hybridized carbons (Fsp3) is 0.316. The molecule has 0 spiro atoms. The first kappa shape index (κ1) is 20.3. The van der Waals surface area contributed by atoms with E-state index in [-0.39, 0.29) is 10.5 Å². The maximum Gasteiger partial charge on any atom is 0.258 e. The van der Waals surface area contributed by atoms with E-state index in [4.69, 9.17) is 11.6 Å². The number of aromatic amines is 1. The van der Waals surface area contributed by atoms with Crippen LogP contribution in [0, 0.1) is 0 Å². The minimum Gasteiger partial charge on any atom is -0.309 e. The Kier molecular flexibility index (Phi) is 5.91. The quantitative estimate of drug-likeness (QED) is 0.598. The second-order valence-electron chi connectivity index (χ2n) is 6.76. The number of nitrogens with zero attached hydrogens (tertiary/aromatic N) is 3. The van der Waals surface area contributed by atoms with Crippen molar-refractivity contribution in [1.82, 2.24) is 19.3 Å². The molecule has 1 aliphatic heterocycles. The molecule has 2 aromatic heterocycles. The lowest BCUT2D eigenvalue weighted by Gasteiger charge is -2.25. The molecule has 0 bridgehead atoms. The monoisotopic (exact) mass is 450 g/mol. The highest BCUT2D eigenvalue weighted by atomic mass is 35.5. The lowest BCUT2D eigenvalue weighted by Crippen LogP contribution is -2.35. The molecule has 4 rings (SSSR count). The summed E-state index contributed by atoms with van der Waals surface area (Å²) >= 11 is 7.30. The topological polar surface area (TPSA) is 96.0 Å². The number of rotatable bonds is 5. The fourth-order valence-corrected chi connectivity index (χ4v) is 5.58. The Morgan fingerprint density at radius 2 is 1.93 bits per heavy atom. The van der Waals surface area contributed by atoms with Gasteiger partial charge in [0.25, 0.3) is 5.56 Å². The SMILES string of the molecule is O=c1[nH]c(CSc2ccc(S(=O)(=O)N3CCCCC3)cn2)nc2ccc(Cl)cc12. The molecular formula is C19H19ClN4O3S2. The largest absolute Gasteiger partial charge is 0.309 e. The van der Waals surface area contributed by atoms with E-state index in [1.165, 1.54) is 22.3 Å². The highest BCUT2D eigenvalue weighted by Gasteiger charge is 2.26. The lowest BCUT2D eigenvalue weighted by atomic mass is 10.2. The fourth-order valence-electron chi connectivity index (χ4n) is 3.23. The number of pyridine rings is 1. The van der Waals surface area contributed by atoms with Gasteiger partial charge in [0, 0.05) is 24.3 Å². The summed E-state index contributed by atoms with van der Waals surface area (Å²) in [7, 11) is -3.49. The van der Waals surface area contributed by atoms with Gasteiger partial charge >= 0.3 is 0 Å². The molecule has 0 unspecified atom stereocenters. The van der Waals surface area contributed by atoms with Gasteiger partial charge in [0.05, 0.1) is 21.7 Å². The number of benzene rings is 1. The Bertz CT molecular complexity index is 1190. The summed E-state index contributed by atoms with van der Waals surface area (Å²) in [4.78, 5) is 23.9. The zero-order valence-electron chi connectivity index (χ0n) is 15.5. The number of halogens is 1. The van der Waals surface area contributed by atoms with Gasteiger partial charge in [0.15, 0.2) is 0 Å². The Balaban J connectivity index is 1.47. The molecule has 0 atom stereocenters. The van der Waals surface area contributed by atoms with E-state index in [9.17, 15) is 13.2 Å². The highest BCUT2D eigenvalue weighted by Crippen LogP contribution is 2.24. The molecule has 1 aliphatic rings. The van der Waals surface area contributed by atoms with Gasteiger partial charge in [-0.2, -0.15) is 4.31 Å². The predicted molar refractivity (Wildman–Crippen MR) is 114 cm³/mol. The number of thioether (sulfide) groups is 1. The molecule has 0 radical (unpaired) electrons. The van der Waals surface area contributed by atoms with Gasteiger partial charge in [0.1, 0.15) is 10.7 Å². The molecule has 1 fully saturated rings. The first-order valence-corrected chi connectivity index (χ1v) is 12.0. The van der Waals surface area contributed by atoms with Gasteiger partial charge in [-0.15, -0.1) is 0 Å². The third-order valence-corrected chi connectivity index (χ3v) is 7.81. The maximum atomic E-state index is 12.7. The number of fused-ring (bicyclic) bond motifs is 1. The smallest absolute Gasteiger partial charge is 0.258 e. The van der Waals surface area contributed by atoms with Crippen molar-refractivity contribution in [2.45, 2.75) is 34.9 Å². The van der Waals surface area contributed by atoms with Gasteiger partial charge in [-0.05, 0) is 43.2 Å². The standard InChI is InChI=1S/C19H19ClN4O3S2/c20-13-4-6-16-15(10-13)19(25)23-17(22-16)12-28-18-7-5-14(11-21-18)29(26,27)24-8-2-1-3-9-24/h4-7,10-11H,1-3,8-9,12H2,(H,22,23,25). The molecule has 10 heteroatoms. The van der Waals surface area contributed by atoms with Crippen LogP contribution < -0.4 is 5.56 Å². The molecule has 152 valence electrons. The zero-order valence-corrected chi connectivity index (χ0v) is 17.9. The maximum absolute atomic E-state index is 12.7. The molecule has 1 N–H and O–H groups in total. The summed E-state index contributed by atoms with van der Waals surface area (Å²) in [6.45, 7) is 1.12. The van der Waals surface area contributed by atoms with Crippen LogP contribution >= 0.6 is 23.4 Å². The number of piperidine rings is 1. The van der Waals surface area contributed by atoms with Crippen LogP contribution in [0.4, 0.5) is 0 Å². The van der Waals surface area contributed by atoms with Crippen molar-refractivity contribution in [3.63, 3.8) is 0 Å². The third kappa shape index (κ3) is 4.48. The summed E-state index contributed by atoms with van der Waals surface area (Å²) in [5, 5.41) is 1.58. The second kappa shape index (κ2) is 8.43. The second-order valence-corrected chi connectivity index (χ2v) is 10.1. The van der Waals surface area contributed by atoms with Crippen molar-refractivity contribution in [3.05, 3.63) is 57.7 Å². The van der Waals surface area contributed by atoms with E-state index >= 15 is 0 Å². The van der Waals surface area contributed by atoms with Crippen LogP contribution in [0.3, 0.4) is 0 Å². The molecule has 0 saturated carbocycles. The normalized spacial score (nSPS) is 15.6. The van der Waals surface area contributed by atoms with Crippen LogP contribution in [0.2, 0.25) is 5.02 Å². The van der Waals surface area contributed by atoms with E-state index in [0.717, 1.165) is 19.3 Å². The minimum atomic E-state index is -3.49. The molecule has 7 nitrogen and oxygen atoms in total. The van der Waals surface area contributed by atoms with Gasteiger partial charge in [-0.1, -0.05) is 29.8 Å². The molecule has 0 amide bonds. The van der Waals surface area contributed by atoms with Crippen molar-refractivity contribution >= 4 is 44.3 Å². The third-order valence-electron chi connectivity index (χ3n) is 4.74. The first-order chi connectivity index (χ1) is 13.9. The molecule has 0 aliphatic carbocycles. The average Bonchev–Trinajstić information content (AvgIpc) is 2.74. The Labute approximate surface area is 177 Å². The molecule has 1 saturated heterocycles. The van der Waals surface area contributed by atoms with E-state index in [0.29, 0.717) is 45.6 Å². The summed E-state index contributed by atoms with van der Waals surface area (Å²) in [6, 6.07) is 8.25. The first-order valence-electron chi connectivity index (χ1n) is 9.21. The number of sulfonamides is 1. The summed E-state index contributed by atoms with van der Waals surface area (Å²) in [5.41, 5.74) is 0.328. The predicted octanol–water partition coefficient (Wildman–Crippen LogP) is 3.44. The molecule has 3 heterocycles. The van der Waals surface area contributed by atoms with Crippen molar-refractivity contribution in [3.8, 4) is 0 Å². The highest BCUT2D eigenvalue weighted by molar-refractivity contribution is 7.98. The van der Waals surface area contributed by atoms with Crippen LogP contribution in [0.15, 0.2) is 51.2 Å². The lowest BCUT2D eigenvalue weighted by molar-refractivity contribution is 0.346. The van der Waals surface area contributed by atoms with Gasteiger partial charge < -0.3 is 4.98 Å². The van der Waals surface area contributed by atoms with Crippen molar-refractivity contribution in [2.75, 3.05) is 13.1 Å². The van der Waals surface area contributed by atoms with Crippen LogP contribution in [-0.4, -0.2) is 40.8 Å². The van der Waals surface area contributed by atoms with Gasteiger partial charge in [0.2, 0.25) is 10.0 Å². The Morgan fingerprint density at radius 1 is 1.14 bits per heavy atom. The number of H-pyrrole nitrogens is 1. The van der Waals surface area contributed by atoms with Crippen LogP contribution in [-0.2, 0) is 15.8 Å². The van der Waals surface area contributed by atoms with E-state index in [1.54, 1.807) is 30.3 Å². The summed E-state index contributed by atoms with van der Waals surface area (Å²) in [5.74, 6) is 0.917. The van der Waals surface area contributed by atoms with Crippen LogP contribution in [0.1, 0.15) is 25.1 Å². The Hall–Kier alpha value is -1.94. The number of hydrogen-bond acceptors (Lipinski definition) is 6. The number of hydrogen-bond donors (Lipinski definition) is 1. The summed E-state index contributed by atoms with van der Waals surface area (Å²) in [6.07, 6.45) is 4.25. The minimum absolute atomic E-state index is 0.206. The van der Waals surface area contributed by atoms with E-state index in [1.807, 2.05) is 0 Å². The van der Waals surface area contributed by atoms with Crippen molar-refractivity contribution in [1.29, 1.82) is 0 Å². The average molecular weight is 451 g/mol. The van der Waals surface area contributed by atoms with Crippen molar-refractivity contribution in [2.24, 2.45) is 0 Å². The molecule has 29 heavy (non-hydrogen) atoms. The van der Waals surface area contributed by atoms with E-state index < -0.39 is 10.0 Å². The van der Waals surface area contributed by atoms with Gasteiger partial charge in [-0.3, -0.25) is 4.79 Å². The molecular weight excluding hydrogens is 432 g/mol. The molecule has 3 aromatic rings. The van der Waals surface area contributed by atoms with Crippen molar-refractivity contribution < 1.29 is 8.42 Å². The van der Waals surface area contributed by atoms with Crippen LogP contribution in [0.25, 0.3) is 10.9 Å². The van der Waals surface area contributed by atoms with Crippen LogP contribution in [0.5, 0.6) is 0 Å². The zero-order chi connectivity index (χ0) is 20.4. The van der Waals surface area contributed by atoms with Gasteiger partial charge in [-0.25, -0.2) is 18.4 Å². The number of aromatic nitrogens is 3. The summed E-state index contributed by atoms with van der Waals surface area (Å²) < 4.78 is 26.9. The molecule has 1 aromatic carbocycles. The Morgan fingerprint density at radius 3 is 2.66 bits per heavy atom.